The van der Waals surface area contributed by atoms with Crippen LogP contribution in [0.4, 0.5) is 0 Å². The van der Waals surface area contributed by atoms with E-state index < -0.39 is 6.10 Å². The van der Waals surface area contributed by atoms with Crippen LogP contribution in [0.5, 0.6) is 5.75 Å². The molecular weight excluding hydrogens is 300 g/mol. The predicted molar refractivity (Wildman–Crippen MR) is 89.2 cm³/mol. The SMILES string of the molecule is Cc1ccc(Cl)c(O[C@H](C)C(=O)N2CCC[C@@H]([C@@H](C)N)C2)c1. The number of nitrogens with zero attached hydrogens (tertiary/aromatic N) is 1. The molecule has 1 heterocycles. The van der Waals surface area contributed by atoms with E-state index in [0.29, 0.717) is 23.2 Å². The quantitative estimate of drug-likeness (QED) is 0.926. The number of likely N-dealkylation sites (tertiary alicyclic amines) is 1. The predicted octanol–water partition coefficient (Wildman–Crippen LogP) is 3.00. The van der Waals surface area contributed by atoms with E-state index in [1.807, 2.05) is 30.9 Å². The van der Waals surface area contributed by atoms with Crippen molar-refractivity contribution in [3.8, 4) is 5.75 Å². The fourth-order valence-electron chi connectivity index (χ4n) is 2.84. The van der Waals surface area contributed by atoms with Crippen molar-refractivity contribution in [2.75, 3.05) is 13.1 Å². The first-order chi connectivity index (χ1) is 10.4. The van der Waals surface area contributed by atoms with Crippen LogP contribution in [0.3, 0.4) is 0 Å². The lowest BCUT2D eigenvalue weighted by Gasteiger charge is -2.35. The number of carbonyl (C=O) groups is 1. The Kier molecular flexibility index (Phi) is 5.70. The van der Waals surface area contributed by atoms with Crippen LogP contribution in [0.1, 0.15) is 32.3 Å². The van der Waals surface area contributed by atoms with Crippen molar-refractivity contribution in [2.24, 2.45) is 11.7 Å². The van der Waals surface area contributed by atoms with Gasteiger partial charge in [0.15, 0.2) is 6.10 Å². The van der Waals surface area contributed by atoms with E-state index in [1.54, 1.807) is 13.0 Å². The smallest absolute Gasteiger partial charge is 0.263 e. The molecule has 122 valence electrons. The van der Waals surface area contributed by atoms with E-state index in [0.717, 1.165) is 24.9 Å². The molecule has 0 aromatic heterocycles. The highest BCUT2D eigenvalue weighted by molar-refractivity contribution is 6.32. The van der Waals surface area contributed by atoms with Crippen molar-refractivity contribution >= 4 is 17.5 Å². The second-order valence-electron chi connectivity index (χ2n) is 6.24. The van der Waals surface area contributed by atoms with Crippen LogP contribution in [0.2, 0.25) is 5.02 Å². The molecule has 22 heavy (non-hydrogen) atoms. The molecule has 5 heteroatoms. The maximum absolute atomic E-state index is 12.6. The van der Waals surface area contributed by atoms with Crippen LogP contribution < -0.4 is 10.5 Å². The summed E-state index contributed by atoms with van der Waals surface area (Å²) in [5, 5.41) is 0.525. The third-order valence-electron chi connectivity index (χ3n) is 4.25. The fourth-order valence-corrected chi connectivity index (χ4v) is 3.00. The Hall–Kier alpha value is -1.26. The molecule has 0 radical (unpaired) electrons. The Labute approximate surface area is 137 Å². The van der Waals surface area contributed by atoms with Gasteiger partial charge in [0.25, 0.3) is 5.91 Å². The molecule has 1 aliphatic rings. The van der Waals surface area contributed by atoms with Gasteiger partial charge in [-0.1, -0.05) is 17.7 Å². The third kappa shape index (κ3) is 4.14. The first kappa shape index (κ1) is 17.1. The van der Waals surface area contributed by atoms with Gasteiger partial charge in [-0.2, -0.15) is 0 Å². The summed E-state index contributed by atoms with van der Waals surface area (Å²) in [6, 6.07) is 5.67. The minimum atomic E-state index is -0.550. The van der Waals surface area contributed by atoms with Crippen LogP contribution in [0, 0.1) is 12.8 Å². The zero-order chi connectivity index (χ0) is 16.3. The fraction of sp³-hybridized carbons (Fsp3) is 0.588. The third-order valence-corrected chi connectivity index (χ3v) is 4.56. The molecule has 0 saturated carbocycles. The van der Waals surface area contributed by atoms with E-state index >= 15 is 0 Å². The van der Waals surface area contributed by atoms with E-state index in [4.69, 9.17) is 22.1 Å². The highest BCUT2D eigenvalue weighted by atomic mass is 35.5. The van der Waals surface area contributed by atoms with Gasteiger partial charge in [0.05, 0.1) is 5.02 Å². The molecule has 1 saturated heterocycles. The highest BCUT2D eigenvalue weighted by Crippen LogP contribution is 2.27. The van der Waals surface area contributed by atoms with E-state index in [2.05, 4.69) is 0 Å². The number of piperidine rings is 1. The number of nitrogens with two attached hydrogens (primary N) is 1. The summed E-state index contributed by atoms with van der Waals surface area (Å²) >= 11 is 6.13. The summed E-state index contributed by atoms with van der Waals surface area (Å²) in [6.45, 7) is 7.23. The van der Waals surface area contributed by atoms with Crippen LogP contribution in [-0.2, 0) is 4.79 Å². The topological polar surface area (TPSA) is 55.6 Å². The molecule has 0 unspecified atom stereocenters. The van der Waals surface area contributed by atoms with Crippen LogP contribution in [0.25, 0.3) is 0 Å². The van der Waals surface area contributed by atoms with Gasteiger partial charge in [0.2, 0.25) is 0 Å². The number of benzene rings is 1. The number of ether oxygens (including phenoxy) is 1. The Morgan fingerprint density at radius 2 is 2.18 bits per heavy atom. The molecule has 3 atom stereocenters. The zero-order valence-electron chi connectivity index (χ0n) is 13.5. The lowest BCUT2D eigenvalue weighted by Crippen LogP contribution is -2.48. The van der Waals surface area contributed by atoms with Crippen LogP contribution in [-0.4, -0.2) is 36.0 Å². The number of hydrogen-bond donors (Lipinski definition) is 1. The summed E-state index contributed by atoms with van der Waals surface area (Å²) < 4.78 is 5.78. The molecule has 1 aromatic rings. The number of rotatable bonds is 4. The molecule has 4 nitrogen and oxygen atoms in total. The van der Waals surface area contributed by atoms with Gasteiger partial charge in [-0.3, -0.25) is 4.79 Å². The first-order valence-corrected chi connectivity index (χ1v) is 8.23. The molecule has 1 amide bonds. The maximum atomic E-state index is 12.6. The maximum Gasteiger partial charge on any atom is 0.263 e. The monoisotopic (exact) mass is 324 g/mol. The van der Waals surface area contributed by atoms with Crippen molar-refractivity contribution < 1.29 is 9.53 Å². The van der Waals surface area contributed by atoms with Crippen LogP contribution in [0.15, 0.2) is 18.2 Å². The molecule has 1 fully saturated rings. The standard InChI is InChI=1S/C17H25ClN2O2/c1-11-6-7-15(18)16(9-11)22-13(3)17(21)20-8-4-5-14(10-20)12(2)19/h6-7,9,12-14H,4-5,8,10,19H2,1-3H3/t12-,13-,14-/m1/s1. The van der Waals surface area contributed by atoms with Crippen LogP contribution >= 0.6 is 11.6 Å². The van der Waals surface area contributed by atoms with Crippen molar-refractivity contribution in [1.82, 2.24) is 4.90 Å². The summed E-state index contributed by atoms with van der Waals surface area (Å²) in [7, 11) is 0. The van der Waals surface area contributed by atoms with Crippen molar-refractivity contribution in [3.05, 3.63) is 28.8 Å². The summed E-state index contributed by atoms with van der Waals surface area (Å²) in [6.07, 6.45) is 1.53. The average molecular weight is 325 g/mol. The number of amides is 1. The van der Waals surface area contributed by atoms with Gasteiger partial charge in [0, 0.05) is 19.1 Å². The Morgan fingerprint density at radius 1 is 1.45 bits per heavy atom. The summed E-state index contributed by atoms with van der Waals surface area (Å²) in [5.41, 5.74) is 7.03. The molecule has 0 aliphatic carbocycles. The first-order valence-electron chi connectivity index (χ1n) is 7.85. The largest absolute Gasteiger partial charge is 0.479 e. The number of hydrogen-bond acceptors (Lipinski definition) is 3. The molecule has 1 aliphatic heterocycles. The minimum Gasteiger partial charge on any atom is -0.479 e. The van der Waals surface area contributed by atoms with Crippen molar-refractivity contribution in [1.29, 1.82) is 0 Å². The molecule has 2 rings (SSSR count). The normalized spacial score (nSPS) is 21.3. The summed E-state index contributed by atoms with van der Waals surface area (Å²) in [5.74, 6) is 0.929. The van der Waals surface area contributed by atoms with Crippen molar-refractivity contribution in [3.63, 3.8) is 0 Å². The Bertz CT molecular complexity index is 533. The van der Waals surface area contributed by atoms with E-state index in [9.17, 15) is 4.79 Å². The van der Waals surface area contributed by atoms with Gasteiger partial charge in [0.1, 0.15) is 5.75 Å². The lowest BCUT2D eigenvalue weighted by atomic mass is 9.92. The number of aryl methyl sites for hydroxylation is 1. The highest BCUT2D eigenvalue weighted by Gasteiger charge is 2.29. The molecule has 1 aromatic carbocycles. The molecular formula is C17H25ClN2O2. The minimum absolute atomic E-state index is 0.00271. The second-order valence-corrected chi connectivity index (χ2v) is 6.65. The van der Waals surface area contributed by atoms with Gasteiger partial charge >= 0.3 is 0 Å². The number of halogens is 1. The molecule has 2 N–H and O–H groups in total. The summed E-state index contributed by atoms with van der Waals surface area (Å²) in [4.78, 5) is 14.5. The van der Waals surface area contributed by atoms with Crippen molar-refractivity contribution in [2.45, 2.75) is 45.8 Å². The number of carbonyl (C=O) groups excluding carboxylic acids is 1. The average Bonchev–Trinajstić information content (AvgIpc) is 2.50. The second kappa shape index (κ2) is 7.34. The van der Waals surface area contributed by atoms with Gasteiger partial charge in [-0.05, 0) is 57.2 Å². The van der Waals surface area contributed by atoms with Gasteiger partial charge in [-0.25, -0.2) is 0 Å². The van der Waals surface area contributed by atoms with E-state index in [-0.39, 0.29) is 11.9 Å². The van der Waals surface area contributed by atoms with E-state index in [1.165, 1.54) is 0 Å². The van der Waals surface area contributed by atoms with Gasteiger partial charge < -0.3 is 15.4 Å². The Morgan fingerprint density at radius 3 is 2.86 bits per heavy atom. The molecule has 0 spiro atoms. The lowest BCUT2D eigenvalue weighted by molar-refractivity contribution is -0.139. The van der Waals surface area contributed by atoms with Gasteiger partial charge in [-0.15, -0.1) is 0 Å². The Balaban J connectivity index is 2.01. The molecule has 0 bridgehead atoms. The zero-order valence-corrected chi connectivity index (χ0v) is 14.3.